The minimum Gasteiger partial charge on any atom is -0.465 e. The maximum Gasteiger partial charge on any atom is 0.339 e. The topological polar surface area (TPSA) is 84.9 Å². The summed E-state index contributed by atoms with van der Waals surface area (Å²) in [6.07, 6.45) is 1.51. The van der Waals surface area contributed by atoms with Crippen molar-refractivity contribution in [2.24, 2.45) is 0 Å². The number of hydrogen-bond donors (Lipinski definition) is 1. The maximum atomic E-state index is 12.5. The van der Waals surface area contributed by atoms with Gasteiger partial charge in [0.2, 0.25) is 0 Å². The van der Waals surface area contributed by atoms with Crippen LogP contribution in [0.1, 0.15) is 32.1 Å². The molecule has 1 N–H and O–H groups in total. The fourth-order valence-corrected chi connectivity index (χ4v) is 4.18. The number of aryl methyl sites for hydroxylation is 1. The third-order valence-electron chi connectivity index (χ3n) is 3.67. The van der Waals surface area contributed by atoms with Gasteiger partial charge in [-0.3, -0.25) is 4.79 Å². The van der Waals surface area contributed by atoms with Crippen molar-refractivity contribution >= 4 is 45.1 Å². The minimum atomic E-state index is -0.441. The summed E-state index contributed by atoms with van der Waals surface area (Å²) >= 11 is 2.90. The van der Waals surface area contributed by atoms with E-state index in [4.69, 9.17) is 4.74 Å². The molecule has 6 nitrogen and oxygen atoms in total. The molecule has 3 aromatic heterocycles. The number of nitrogens with one attached hydrogen (secondary N) is 1. The van der Waals surface area contributed by atoms with Crippen molar-refractivity contribution in [3.05, 3.63) is 40.3 Å². The van der Waals surface area contributed by atoms with Gasteiger partial charge in [0, 0.05) is 11.1 Å². The summed E-state index contributed by atoms with van der Waals surface area (Å²) in [7, 11) is 1.33. The summed E-state index contributed by atoms with van der Waals surface area (Å²) in [6.45, 7) is 3.50. The Morgan fingerprint density at radius 3 is 2.88 bits per heavy atom. The van der Waals surface area contributed by atoms with Gasteiger partial charge in [0.1, 0.15) is 16.2 Å². The third-order valence-corrected chi connectivity index (χ3v) is 5.50. The number of nitrogens with zero attached hydrogens (tertiary/aromatic N) is 2. The molecule has 0 unspecified atom stereocenters. The number of carbonyl (C=O) groups is 2. The van der Waals surface area contributed by atoms with Crippen molar-refractivity contribution < 1.29 is 14.3 Å². The fourth-order valence-electron chi connectivity index (χ4n) is 2.53. The van der Waals surface area contributed by atoms with Crippen LogP contribution in [0.5, 0.6) is 0 Å². The van der Waals surface area contributed by atoms with Gasteiger partial charge < -0.3 is 9.72 Å². The highest BCUT2D eigenvalue weighted by molar-refractivity contribution is 8.00. The van der Waals surface area contributed by atoms with E-state index >= 15 is 0 Å². The first-order valence-corrected chi connectivity index (χ1v) is 9.01. The van der Waals surface area contributed by atoms with Crippen LogP contribution in [0.15, 0.2) is 22.8 Å². The number of ether oxygens (including phenoxy) is 1. The van der Waals surface area contributed by atoms with Crippen LogP contribution in [-0.2, 0) is 4.74 Å². The average molecular weight is 361 g/mol. The largest absolute Gasteiger partial charge is 0.465 e. The van der Waals surface area contributed by atoms with Crippen molar-refractivity contribution in [2.45, 2.75) is 18.9 Å². The Kier molecular flexibility index (Phi) is 4.68. The Morgan fingerprint density at radius 2 is 2.12 bits per heavy atom. The van der Waals surface area contributed by atoms with Crippen LogP contribution in [0.4, 0.5) is 0 Å². The molecule has 0 fully saturated rings. The molecule has 0 aliphatic heterocycles. The number of rotatable bonds is 5. The summed E-state index contributed by atoms with van der Waals surface area (Å²) in [4.78, 5) is 36.7. The van der Waals surface area contributed by atoms with Gasteiger partial charge in [0.05, 0.1) is 24.1 Å². The zero-order valence-corrected chi connectivity index (χ0v) is 15.0. The number of thioether (sulfide) groups is 1. The average Bonchev–Trinajstić information content (AvgIpc) is 3.16. The molecule has 0 bridgehead atoms. The number of hydrogen-bond acceptors (Lipinski definition) is 7. The summed E-state index contributed by atoms with van der Waals surface area (Å²) in [5, 5.41) is 3.69. The number of ketones is 1. The van der Waals surface area contributed by atoms with Gasteiger partial charge in [-0.15, -0.1) is 11.3 Å². The lowest BCUT2D eigenvalue weighted by molar-refractivity contribution is 0.0599. The van der Waals surface area contributed by atoms with E-state index in [0.29, 0.717) is 22.5 Å². The van der Waals surface area contributed by atoms with Gasteiger partial charge in [-0.25, -0.2) is 14.8 Å². The first-order valence-electron chi connectivity index (χ1n) is 7.14. The van der Waals surface area contributed by atoms with Crippen molar-refractivity contribution in [3.8, 4) is 0 Å². The van der Waals surface area contributed by atoms with Crippen molar-refractivity contribution in [2.75, 3.05) is 12.9 Å². The lowest BCUT2D eigenvalue weighted by atomic mass is 10.1. The van der Waals surface area contributed by atoms with Gasteiger partial charge in [-0.2, -0.15) is 0 Å². The van der Waals surface area contributed by atoms with E-state index in [2.05, 4.69) is 15.0 Å². The van der Waals surface area contributed by atoms with Crippen LogP contribution in [0.25, 0.3) is 10.2 Å². The molecule has 0 aromatic carbocycles. The second-order valence-corrected chi connectivity index (χ2v) is 7.01. The van der Waals surface area contributed by atoms with Crippen LogP contribution < -0.4 is 0 Å². The van der Waals surface area contributed by atoms with Crippen LogP contribution in [0.2, 0.25) is 0 Å². The van der Waals surface area contributed by atoms with E-state index in [1.807, 2.05) is 11.4 Å². The van der Waals surface area contributed by atoms with Gasteiger partial charge in [-0.1, -0.05) is 11.8 Å². The van der Waals surface area contributed by atoms with Crippen LogP contribution in [0, 0.1) is 13.8 Å². The first-order chi connectivity index (χ1) is 11.5. The Labute approximate surface area is 146 Å². The predicted octanol–water partition coefficient (Wildman–Crippen LogP) is 3.40. The molecule has 0 aliphatic carbocycles. The Bertz CT molecular complexity index is 930. The quantitative estimate of drug-likeness (QED) is 0.324. The molecular formula is C16H15N3O3S2. The molecule has 8 heteroatoms. The van der Waals surface area contributed by atoms with Gasteiger partial charge in [-0.05, 0) is 30.9 Å². The second-order valence-electron chi connectivity index (χ2n) is 5.15. The molecule has 3 aromatic rings. The highest BCUT2D eigenvalue weighted by Crippen LogP contribution is 2.28. The summed E-state index contributed by atoms with van der Waals surface area (Å²) in [5.41, 5.74) is 2.12. The smallest absolute Gasteiger partial charge is 0.339 e. The SMILES string of the molecule is COC(=O)c1c(C)[nH]c(C(=O)CSc2ncnc3sccc23)c1C. The number of methoxy groups -OCH3 is 1. The Morgan fingerprint density at radius 1 is 1.33 bits per heavy atom. The standard InChI is InChI=1S/C16H15N3O3S2/c1-8-12(16(21)22-3)9(2)19-13(8)11(20)6-24-15-10-4-5-23-14(10)17-7-18-15/h4-5,7,19H,6H2,1-3H3. The monoisotopic (exact) mass is 361 g/mol. The molecule has 0 spiro atoms. The van der Waals surface area contributed by atoms with E-state index in [1.54, 1.807) is 13.8 Å². The third kappa shape index (κ3) is 2.94. The highest BCUT2D eigenvalue weighted by atomic mass is 32.2. The Hall–Kier alpha value is -2.19. The molecule has 3 rings (SSSR count). The summed E-state index contributed by atoms with van der Waals surface area (Å²) in [5.74, 6) is -0.301. The van der Waals surface area contributed by atoms with Gasteiger partial charge >= 0.3 is 5.97 Å². The number of esters is 1. The number of aromatic amines is 1. The lowest BCUT2D eigenvalue weighted by Crippen LogP contribution is -2.07. The highest BCUT2D eigenvalue weighted by Gasteiger charge is 2.22. The number of thiophene rings is 1. The van der Waals surface area contributed by atoms with Crippen molar-refractivity contribution in [3.63, 3.8) is 0 Å². The van der Waals surface area contributed by atoms with Gasteiger partial charge in [0.15, 0.2) is 5.78 Å². The van der Waals surface area contributed by atoms with E-state index < -0.39 is 5.97 Å². The predicted molar refractivity (Wildman–Crippen MR) is 94.1 cm³/mol. The van der Waals surface area contributed by atoms with E-state index in [1.165, 1.54) is 36.5 Å². The first kappa shape index (κ1) is 16.7. The number of fused-ring (bicyclic) bond motifs is 1. The lowest BCUT2D eigenvalue weighted by Gasteiger charge is -2.02. The molecule has 0 amide bonds. The number of aromatic nitrogens is 3. The maximum absolute atomic E-state index is 12.5. The molecule has 0 aliphatic rings. The van der Waals surface area contributed by atoms with Gasteiger partial charge in [0.25, 0.3) is 0 Å². The van der Waals surface area contributed by atoms with Crippen LogP contribution in [0.3, 0.4) is 0 Å². The molecular weight excluding hydrogens is 346 g/mol. The summed E-state index contributed by atoms with van der Waals surface area (Å²) in [6, 6.07) is 1.95. The van der Waals surface area contributed by atoms with Crippen LogP contribution in [-0.4, -0.2) is 39.6 Å². The number of carbonyl (C=O) groups excluding carboxylic acids is 2. The molecule has 0 saturated heterocycles. The minimum absolute atomic E-state index is 0.0854. The van der Waals surface area contributed by atoms with E-state index in [0.717, 1.165) is 15.2 Å². The van der Waals surface area contributed by atoms with Crippen molar-refractivity contribution in [1.82, 2.24) is 15.0 Å². The number of H-pyrrole nitrogens is 1. The molecule has 24 heavy (non-hydrogen) atoms. The second kappa shape index (κ2) is 6.74. The summed E-state index contributed by atoms with van der Waals surface area (Å²) < 4.78 is 4.77. The van der Waals surface area contributed by atoms with E-state index in [-0.39, 0.29) is 11.5 Å². The molecule has 0 atom stereocenters. The molecule has 124 valence electrons. The molecule has 3 heterocycles. The molecule has 0 saturated carbocycles. The Balaban J connectivity index is 1.81. The number of Topliss-reactive ketones (excluding diaryl/α,β-unsaturated/α-hetero) is 1. The van der Waals surface area contributed by atoms with E-state index in [9.17, 15) is 9.59 Å². The normalized spacial score (nSPS) is 11.0. The zero-order valence-electron chi connectivity index (χ0n) is 13.4. The van der Waals surface area contributed by atoms with Crippen molar-refractivity contribution in [1.29, 1.82) is 0 Å². The molecule has 0 radical (unpaired) electrons. The fraction of sp³-hybridized carbons (Fsp3) is 0.250. The zero-order chi connectivity index (χ0) is 17.3. The van der Waals surface area contributed by atoms with Crippen LogP contribution >= 0.6 is 23.1 Å².